The minimum atomic E-state index is -0.502. The van der Waals surface area contributed by atoms with E-state index >= 15 is 0 Å². The fourth-order valence-electron chi connectivity index (χ4n) is 12.4. The zero-order chi connectivity index (χ0) is 49.5. The summed E-state index contributed by atoms with van der Waals surface area (Å²) in [5.74, 6) is 3.85. The summed E-state index contributed by atoms with van der Waals surface area (Å²) in [5.41, 5.74) is 20.3. The van der Waals surface area contributed by atoms with Gasteiger partial charge in [0.05, 0.1) is 5.41 Å². The molecule has 4 aliphatic rings. The highest BCUT2D eigenvalue weighted by molar-refractivity contribution is 5.89. The highest BCUT2D eigenvalue weighted by atomic mass is 15.0. The van der Waals surface area contributed by atoms with Gasteiger partial charge in [-0.15, -0.1) is 0 Å². The fraction of sp³-hybridized carbons (Fsp3) is 0.0435. The van der Waals surface area contributed by atoms with E-state index in [1.165, 1.54) is 66.8 Å². The fourth-order valence-corrected chi connectivity index (χ4v) is 12.4. The van der Waals surface area contributed by atoms with Gasteiger partial charge in [-0.2, -0.15) is 0 Å². The zero-order valence-electron chi connectivity index (χ0n) is 40.6. The average molecular weight is 957 g/mol. The van der Waals surface area contributed by atoms with Crippen LogP contribution < -0.4 is 0 Å². The number of hydrogen-bond acceptors (Lipinski definition) is 6. The smallest absolute Gasteiger partial charge is 0.164 e. The first-order valence-corrected chi connectivity index (χ1v) is 25.6. The van der Waals surface area contributed by atoms with Crippen molar-refractivity contribution in [3.63, 3.8) is 0 Å². The maximum atomic E-state index is 5.40. The van der Waals surface area contributed by atoms with Gasteiger partial charge in [0.15, 0.2) is 34.9 Å². The van der Waals surface area contributed by atoms with Crippen LogP contribution in [0.15, 0.2) is 255 Å². The lowest BCUT2D eigenvalue weighted by Crippen LogP contribution is -2.28. The van der Waals surface area contributed by atoms with Crippen LogP contribution in [0.5, 0.6) is 0 Å². The molecule has 0 radical (unpaired) electrons. The van der Waals surface area contributed by atoms with Gasteiger partial charge in [0, 0.05) is 45.2 Å². The number of fused-ring (bicyclic) bond motifs is 3. The van der Waals surface area contributed by atoms with Gasteiger partial charge in [0.25, 0.3) is 0 Å². The molecule has 12 aromatic rings. The van der Waals surface area contributed by atoms with E-state index in [0.717, 1.165) is 33.4 Å². The normalized spacial score (nSPS) is 15.0. The lowest BCUT2D eigenvalue weighted by Gasteiger charge is -2.42. The molecule has 10 aromatic carbocycles. The van der Waals surface area contributed by atoms with Gasteiger partial charge in [-0.3, -0.25) is 0 Å². The molecule has 0 spiro atoms. The topological polar surface area (TPSA) is 77.3 Å². The number of rotatable bonds is 8. The third kappa shape index (κ3) is 6.80. The second-order valence-electron chi connectivity index (χ2n) is 19.7. The van der Waals surface area contributed by atoms with Gasteiger partial charge in [-0.1, -0.05) is 237 Å². The Bertz CT molecular complexity index is 4080. The monoisotopic (exact) mass is 956 g/mol. The Morgan fingerprint density at radius 3 is 0.987 bits per heavy atom. The van der Waals surface area contributed by atoms with E-state index < -0.39 is 5.41 Å². The molecule has 6 heteroatoms. The molecule has 0 saturated carbocycles. The molecule has 16 rings (SSSR count). The van der Waals surface area contributed by atoms with Crippen LogP contribution in [-0.2, 0) is 5.41 Å². The zero-order valence-corrected chi connectivity index (χ0v) is 40.6. The van der Waals surface area contributed by atoms with Crippen molar-refractivity contribution in [3.8, 4) is 79.5 Å². The predicted molar refractivity (Wildman–Crippen MR) is 298 cm³/mol. The van der Waals surface area contributed by atoms with Crippen LogP contribution >= 0.6 is 0 Å². The number of hydrogen-bond donors (Lipinski definition) is 0. The standard InChI is InChI=1S/C69H44N6/c1-6-20-43(21-7-1)63-70-64(44-22-8-2-9-23-44)72-66(71-63)46-34-37-54-57(41-46)61-52-31-16-17-32-53(52)62(54)58-42-47(35-38-55(58)61)67-73-65(45-24-10-3-11-25-45)74-68(75-67)48-36-39-60-56(40-48)51-30-18-19-33-59(51)69(60,49-26-12-4-13-27-49)50-28-14-5-15-29-50/h1-42,61-62H. The Labute approximate surface area is 434 Å². The van der Waals surface area contributed by atoms with E-state index in [4.69, 9.17) is 29.9 Å². The Kier molecular flexibility index (Phi) is 9.82. The summed E-state index contributed by atoms with van der Waals surface area (Å²) in [7, 11) is 0. The maximum Gasteiger partial charge on any atom is 0.164 e. The molecule has 0 amide bonds. The third-order valence-electron chi connectivity index (χ3n) is 15.6. The largest absolute Gasteiger partial charge is 0.208 e. The van der Waals surface area contributed by atoms with Crippen LogP contribution in [0.2, 0.25) is 0 Å². The first-order chi connectivity index (χ1) is 37.2. The summed E-state index contributed by atoms with van der Waals surface area (Å²) in [6.45, 7) is 0. The van der Waals surface area contributed by atoms with Gasteiger partial charge >= 0.3 is 0 Å². The van der Waals surface area contributed by atoms with Gasteiger partial charge in [0.1, 0.15) is 0 Å². The molecular weight excluding hydrogens is 913 g/mol. The summed E-state index contributed by atoms with van der Waals surface area (Å²) in [6, 6.07) is 90.7. The molecule has 4 aliphatic carbocycles. The second-order valence-corrected chi connectivity index (χ2v) is 19.7. The highest BCUT2D eigenvalue weighted by Gasteiger charge is 2.46. The predicted octanol–water partition coefficient (Wildman–Crippen LogP) is 15.4. The Balaban J connectivity index is 0.860. The Morgan fingerprint density at radius 2 is 0.547 bits per heavy atom. The van der Waals surface area contributed by atoms with Crippen molar-refractivity contribution in [2.75, 3.05) is 0 Å². The maximum absolute atomic E-state index is 5.40. The van der Waals surface area contributed by atoms with E-state index in [1.807, 2.05) is 54.6 Å². The van der Waals surface area contributed by atoms with Crippen LogP contribution in [0, 0.1) is 0 Å². The number of nitrogens with zero attached hydrogens (tertiary/aromatic N) is 6. The van der Waals surface area contributed by atoms with E-state index in [9.17, 15) is 0 Å². The minimum Gasteiger partial charge on any atom is -0.208 e. The summed E-state index contributed by atoms with van der Waals surface area (Å²) in [4.78, 5) is 31.1. The highest BCUT2D eigenvalue weighted by Crippen LogP contribution is 2.58. The minimum absolute atomic E-state index is 0.00416. The summed E-state index contributed by atoms with van der Waals surface area (Å²) < 4.78 is 0. The van der Waals surface area contributed by atoms with Crippen LogP contribution in [0.3, 0.4) is 0 Å². The SMILES string of the molecule is c1ccc(-c2nc(-c3ccccc3)nc(-c3ccc4c(c3)C3c5ccccc5C4c4cc(-c5nc(-c6ccccc6)nc(-c6ccc7c(c6)-c6ccccc6C7(c6ccccc6)c6ccccc6)n5)ccc43)n2)cc1. The van der Waals surface area contributed by atoms with Crippen molar-refractivity contribution in [1.29, 1.82) is 0 Å². The van der Waals surface area contributed by atoms with Crippen molar-refractivity contribution < 1.29 is 0 Å². The lowest BCUT2D eigenvalue weighted by atomic mass is 9.61. The van der Waals surface area contributed by atoms with Crippen molar-refractivity contribution in [1.82, 2.24) is 29.9 Å². The molecule has 6 nitrogen and oxygen atoms in total. The molecule has 2 aromatic heterocycles. The summed E-state index contributed by atoms with van der Waals surface area (Å²) in [5, 5.41) is 0. The molecule has 2 bridgehead atoms. The molecular formula is C69H44N6. The van der Waals surface area contributed by atoms with Crippen LogP contribution in [0.25, 0.3) is 79.5 Å². The first kappa shape index (κ1) is 42.9. The van der Waals surface area contributed by atoms with Crippen LogP contribution in [0.4, 0.5) is 0 Å². The van der Waals surface area contributed by atoms with Crippen molar-refractivity contribution in [3.05, 3.63) is 310 Å². The van der Waals surface area contributed by atoms with Gasteiger partial charge in [0.2, 0.25) is 0 Å². The molecule has 2 atom stereocenters. The molecule has 350 valence electrons. The van der Waals surface area contributed by atoms with Gasteiger partial charge in [-0.25, -0.2) is 29.9 Å². The number of benzene rings is 10. The summed E-state index contributed by atoms with van der Waals surface area (Å²) in [6.07, 6.45) is 0. The molecule has 0 aliphatic heterocycles. The summed E-state index contributed by atoms with van der Waals surface area (Å²) >= 11 is 0. The van der Waals surface area contributed by atoms with E-state index in [2.05, 4.69) is 200 Å². The van der Waals surface area contributed by atoms with Crippen molar-refractivity contribution >= 4 is 0 Å². The second kappa shape index (κ2) is 17.2. The quantitative estimate of drug-likeness (QED) is 0.151. The van der Waals surface area contributed by atoms with Crippen molar-refractivity contribution in [2.24, 2.45) is 0 Å². The van der Waals surface area contributed by atoms with E-state index in [-0.39, 0.29) is 11.8 Å². The molecule has 2 unspecified atom stereocenters. The van der Waals surface area contributed by atoms with Crippen LogP contribution in [-0.4, -0.2) is 29.9 Å². The first-order valence-electron chi connectivity index (χ1n) is 25.6. The van der Waals surface area contributed by atoms with E-state index in [0.29, 0.717) is 34.9 Å². The molecule has 0 N–H and O–H groups in total. The van der Waals surface area contributed by atoms with Gasteiger partial charge in [-0.05, 0) is 85.0 Å². The van der Waals surface area contributed by atoms with Crippen LogP contribution in [0.1, 0.15) is 67.5 Å². The molecule has 75 heavy (non-hydrogen) atoms. The Hall–Kier alpha value is -9.78. The Morgan fingerprint density at radius 1 is 0.227 bits per heavy atom. The van der Waals surface area contributed by atoms with Crippen molar-refractivity contribution in [2.45, 2.75) is 17.3 Å². The number of aromatic nitrogens is 6. The molecule has 0 saturated heterocycles. The van der Waals surface area contributed by atoms with Gasteiger partial charge < -0.3 is 0 Å². The van der Waals surface area contributed by atoms with E-state index in [1.54, 1.807) is 0 Å². The average Bonchev–Trinajstić information content (AvgIpc) is 3.94. The molecule has 0 fully saturated rings. The molecule has 2 heterocycles. The lowest BCUT2D eigenvalue weighted by molar-refractivity contribution is 0.754. The third-order valence-corrected chi connectivity index (χ3v) is 15.6.